The van der Waals surface area contributed by atoms with Crippen molar-refractivity contribution in [2.75, 3.05) is 13.1 Å². The van der Waals surface area contributed by atoms with Gasteiger partial charge >= 0.3 is 5.97 Å². The van der Waals surface area contributed by atoms with Crippen LogP contribution in [-0.4, -0.2) is 41.0 Å². The molecule has 0 fully saturated rings. The lowest BCUT2D eigenvalue weighted by molar-refractivity contribution is -0.131. The van der Waals surface area contributed by atoms with E-state index in [4.69, 9.17) is 5.11 Å². The second kappa shape index (κ2) is 8.47. The number of hydrogen-bond donors (Lipinski definition) is 3. The van der Waals surface area contributed by atoms with Gasteiger partial charge in [0.25, 0.3) is 5.91 Å². The molecule has 7 heteroatoms. The summed E-state index contributed by atoms with van der Waals surface area (Å²) in [6.45, 7) is 2.59. The Kier molecular flexibility index (Phi) is 6.59. The van der Waals surface area contributed by atoms with Crippen LogP contribution in [0.1, 0.15) is 29.3 Å². The van der Waals surface area contributed by atoms with Crippen molar-refractivity contribution in [1.29, 1.82) is 0 Å². The first kappa shape index (κ1) is 16.4. The van der Waals surface area contributed by atoms with Gasteiger partial charge in [0.05, 0.1) is 5.56 Å². The molecule has 2 amide bonds. The smallest absolute Gasteiger partial charge is 0.328 e. The van der Waals surface area contributed by atoms with Gasteiger partial charge in [-0.15, -0.1) is 0 Å². The molecule has 3 N–H and O–H groups in total. The molecule has 1 aromatic rings. The molecular weight excluding hydrogens is 274 g/mol. The molecule has 0 bridgehead atoms. The van der Waals surface area contributed by atoms with Crippen molar-refractivity contribution >= 4 is 23.9 Å². The van der Waals surface area contributed by atoms with E-state index in [2.05, 4.69) is 15.6 Å². The fourth-order valence-electron chi connectivity index (χ4n) is 1.52. The lowest BCUT2D eigenvalue weighted by Gasteiger charge is -2.05. The number of nitrogens with zero attached hydrogens (tertiary/aromatic N) is 1. The summed E-state index contributed by atoms with van der Waals surface area (Å²) >= 11 is 0. The summed E-state index contributed by atoms with van der Waals surface area (Å²) < 4.78 is 0. The van der Waals surface area contributed by atoms with Crippen LogP contribution in [0.25, 0.3) is 6.08 Å². The van der Waals surface area contributed by atoms with Crippen LogP contribution in [0.4, 0.5) is 0 Å². The molecule has 0 spiro atoms. The first-order valence-corrected chi connectivity index (χ1v) is 6.44. The van der Waals surface area contributed by atoms with Crippen LogP contribution in [-0.2, 0) is 9.59 Å². The van der Waals surface area contributed by atoms with E-state index in [0.717, 1.165) is 6.08 Å². The Morgan fingerprint density at radius 3 is 2.71 bits per heavy atom. The molecular formula is C14H17N3O4. The number of carbonyl (C=O) groups excluding carboxylic acids is 2. The number of carboxylic acid groups (broad SMARTS) is 1. The summed E-state index contributed by atoms with van der Waals surface area (Å²) in [6, 6.07) is 1.52. The van der Waals surface area contributed by atoms with E-state index < -0.39 is 5.97 Å². The Balaban J connectivity index is 2.56. The molecule has 0 saturated heterocycles. The van der Waals surface area contributed by atoms with Crippen molar-refractivity contribution in [2.45, 2.75) is 13.3 Å². The first-order valence-electron chi connectivity index (χ1n) is 6.44. The molecule has 21 heavy (non-hydrogen) atoms. The van der Waals surface area contributed by atoms with Gasteiger partial charge in [-0.3, -0.25) is 14.6 Å². The normalized spacial score (nSPS) is 10.3. The molecule has 0 aromatic carbocycles. The number of aromatic nitrogens is 1. The average molecular weight is 291 g/mol. The monoisotopic (exact) mass is 291 g/mol. The summed E-state index contributed by atoms with van der Waals surface area (Å²) in [5, 5.41) is 13.8. The lowest BCUT2D eigenvalue weighted by Crippen LogP contribution is -2.30. The number of pyridine rings is 1. The highest BCUT2D eigenvalue weighted by Crippen LogP contribution is 2.05. The standard InChI is InChI=1S/C14H17N3O4/c1-2-16-12(18)5-6-17-14(21)11-7-10(8-15-9-11)3-4-13(19)20/h3-4,7-9H,2,5-6H2,1H3,(H,16,18)(H,17,21)(H,19,20)/b4-3+. The van der Waals surface area contributed by atoms with Crippen molar-refractivity contribution in [1.82, 2.24) is 15.6 Å². The molecule has 0 unspecified atom stereocenters. The Bertz CT molecular complexity index is 555. The summed E-state index contributed by atoms with van der Waals surface area (Å²) in [5.41, 5.74) is 0.812. The van der Waals surface area contributed by atoms with Gasteiger partial charge < -0.3 is 15.7 Å². The SMILES string of the molecule is CCNC(=O)CCNC(=O)c1cncc(/C=C/C(=O)O)c1. The average Bonchev–Trinajstić information content (AvgIpc) is 2.45. The number of nitrogens with one attached hydrogen (secondary N) is 2. The fraction of sp³-hybridized carbons (Fsp3) is 0.286. The summed E-state index contributed by atoms with van der Waals surface area (Å²) in [5.74, 6) is -1.57. The number of rotatable bonds is 7. The maximum Gasteiger partial charge on any atom is 0.328 e. The van der Waals surface area contributed by atoms with Crippen LogP contribution < -0.4 is 10.6 Å². The van der Waals surface area contributed by atoms with E-state index in [1.54, 1.807) is 0 Å². The molecule has 1 heterocycles. The second-order valence-electron chi connectivity index (χ2n) is 4.14. The molecule has 7 nitrogen and oxygen atoms in total. The molecule has 112 valence electrons. The van der Waals surface area contributed by atoms with Crippen LogP contribution in [0.5, 0.6) is 0 Å². The van der Waals surface area contributed by atoms with E-state index in [-0.39, 0.29) is 24.8 Å². The van der Waals surface area contributed by atoms with Crippen LogP contribution in [0.2, 0.25) is 0 Å². The highest BCUT2D eigenvalue weighted by molar-refractivity contribution is 5.95. The topological polar surface area (TPSA) is 108 Å². The van der Waals surface area contributed by atoms with Crippen molar-refractivity contribution in [3.8, 4) is 0 Å². The first-order chi connectivity index (χ1) is 10.0. The van der Waals surface area contributed by atoms with Gasteiger partial charge in [-0.25, -0.2) is 4.79 Å². The summed E-state index contributed by atoms with van der Waals surface area (Å²) in [4.78, 5) is 37.4. The fourth-order valence-corrected chi connectivity index (χ4v) is 1.52. The van der Waals surface area contributed by atoms with Crippen LogP contribution in [0, 0.1) is 0 Å². The van der Waals surface area contributed by atoms with Gasteiger partial charge in [-0.1, -0.05) is 0 Å². The summed E-state index contributed by atoms with van der Waals surface area (Å²) in [6.07, 6.45) is 5.34. The molecule has 0 saturated carbocycles. The molecule has 0 atom stereocenters. The Hall–Kier alpha value is -2.70. The third kappa shape index (κ3) is 6.33. The zero-order valence-corrected chi connectivity index (χ0v) is 11.6. The van der Waals surface area contributed by atoms with Gasteiger partial charge in [0, 0.05) is 38.0 Å². The number of amides is 2. The van der Waals surface area contributed by atoms with Gasteiger partial charge in [0.15, 0.2) is 0 Å². The largest absolute Gasteiger partial charge is 0.478 e. The lowest BCUT2D eigenvalue weighted by atomic mass is 10.2. The third-order valence-corrected chi connectivity index (χ3v) is 2.45. The Morgan fingerprint density at radius 1 is 1.29 bits per heavy atom. The highest BCUT2D eigenvalue weighted by atomic mass is 16.4. The number of carboxylic acids is 1. The number of aliphatic carboxylic acids is 1. The van der Waals surface area contributed by atoms with Gasteiger partial charge in [-0.05, 0) is 24.6 Å². The highest BCUT2D eigenvalue weighted by Gasteiger charge is 2.07. The molecule has 0 aliphatic heterocycles. The van der Waals surface area contributed by atoms with Crippen molar-refractivity contribution in [2.24, 2.45) is 0 Å². The predicted octanol–water partition coefficient (Wildman–Crippen LogP) is 0.435. The Labute approximate surface area is 122 Å². The van der Waals surface area contributed by atoms with Gasteiger partial charge in [-0.2, -0.15) is 0 Å². The van der Waals surface area contributed by atoms with E-state index in [0.29, 0.717) is 17.7 Å². The molecule has 0 aliphatic carbocycles. The zero-order valence-electron chi connectivity index (χ0n) is 11.6. The maximum atomic E-state index is 11.9. The molecule has 0 radical (unpaired) electrons. The molecule has 1 aromatic heterocycles. The Morgan fingerprint density at radius 2 is 2.05 bits per heavy atom. The number of carbonyl (C=O) groups is 3. The second-order valence-corrected chi connectivity index (χ2v) is 4.14. The van der Waals surface area contributed by atoms with E-state index in [1.807, 2.05) is 6.92 Å². The minimum absolute atomic E-state index is 0.130. The third-order valence-electron chi connectivity index (χ3n) is 2.45. The van der Waals surface area contributed by atoms with Gasteiger partial charge in [0.1, 0.15) is 0 Å². The summed E-state index contributed by atoms with van der Waals surface area (Å²) in [7, 11) is 0. The van der Waals surface area contributed by atoms with Crippen LogP contribution in [0.3, 0.4) is 0 Å². The van der Waals surface area contributed by atoms with Crippen molar-refractivity contribution in [3.63, 3.8) is 0 Å². The molecule has 1 rings (SSSR count). The van der Waals surface area contributed by atoms with Crippen molar-refractivity contribution in [3.05, 3.63) is 35.7 Å². The number of hydrogen-bond acceptors (Lipinski definition) is 4. The maximum absolute atomic E-state index is 11.9. The van der Waals surface area contributed by atoms with Crippen LogP contribution in [0.15, 0.2) is 24.5 Å². The predicted molar refractivity (Wildman–Crippen MR) is 76.5 cm³/mol. The quantitative estimate of drug-likeness (QED) is 0.631. The zero-order chi connectivity index (χ0) is 15.7. The minimum atomic E-state index is -1.08. The minimum Gasteiger partial charge on any atom is -0.478 e. The van der Waals surface area contributed by atoms with Crippen LogP contribution >= 0.6 is 0 Å². The molecule has 0 aliphatic rings. The van der Waals surface area contributed by atoms with Crippen molar-refractivity contribution < 1.29 is 19.5 Å². The van der Waals surface area contributed by atoms with E-state index >= 15 is 0 Å². The van der Waals surface area contributed by atoms with E-state index in [9.17, 15) is 14.4 Å². The van der Waals surface area contributed by atoms with E-state index in [1.165, 1.54) is 24.5 Å². The van der Waals surface area contributed by atoms with Gasteiger partial charge in [0.2, 0.25) is 5.91 Å².